The fourth-order valence-corrected chi connectivity index (χ4v) is 2.83. The summed E-state index contributed by atoms with van der Waals surface area (Å²) in [5.41, 5.74) is 9.48. The van der Waals surface area contributed by atoms with Crippen LogP contribution in [0.4, 0.5) is 11.4 Å². The lowest BCUT2D eigenvalue weighted by molar-refractivity contribution is 0.482. The van der Waals surface area contributed by atoms with E-state index in [0.29, 0.717) is 6.67 Å². The molecule has 4 rings (SSSR count). The zero-order chi connectivity index (χ0) is 16.4. The molecule has 0 radical (unpaired) electrons. The third-order valence-corrected chi connectivity index (χ3v) is 4.10. The Morgan fingerprint density at radius 2 is 1.75 bits per heavy atom. The van der Waals surface area contributed by atoms with Gasteiger partial charge in [0, 0.05) is 17.4 Å². The van der Waals surface area contributed by atoms with E-state index in [1.54, 1.807) is 6.20 Å². The van der Waals surface area contributed by atoms with Crippen LogP contribution in [0.15, 0.2) is 73.1 Å². The number of benzene rings is 2. The van der Waals surface area contributed by atoms with Crippen LogP contribution < -0.4 is 20.7 Å². The number of para-hydroxylation sites is 1. The maximum absolute atomic E-state index is 6.41. The minimum Gasteiger partial charge on any atom is -0.457 e. The molecule has 0 fully saturated rings. The maximum Gasteiger partial charge on any atom is 0.127 e. The van der Waals surface area contributed by atoms with Crippen molar-refractivity contribution in [2.24, 2.45) is 5.73 Å². The van der Waals surface area contributed by atoms with E-state index in [1.807, 2.05) is 66.9 Å². The van der Waals surface area contributed by atoms with Crippen molar-refractivity contribution in [1.29, 1.82) is 0 Å². The molecule has 0 saturated carbocycles. The van der Waals surface area contributed by atoms with E-state index in [4.69, 9.17) is 10.5 Å². The van der Waals surface area contributed by atoms with Crippen molar-refractivity contribution in [3.8, 4) is 11.5 Å². The van der Waals surface area contributed by atoms with Crippen LogP contribution in [0.5, 0.6) is 11.5 Å². The number of rotatable bonds is 3. The Balaban J connectivity index is 1.53. The average molecular weight is 318 g/mol. The molecule has 0 amide bonds. The second-order valence-corrected chi connectivity index (χ2v) is 5.62. The predicted octanol–water partition coefficient (Wildman–Crippen LogP) is 3.72. The number of hydrogen-bond donors (Lipinski definition) is 2. The number of nitrogens with one attached hydrogen (secondary N) is 1. The van der Waals surface area contributed by atoms with Gasteiger partial charge >= 0.3 is 0 Å². The molecule has 1 aliphatic heterocycles. The van der Waals surface area contributed by atoms with Crippen LogP contribution in [0.3, 0.4) is 0 Å². The topological polar surface area (TPSA) is 63.4 Å². The second-order valence-electron chi connectivity index (χ2n) is 5.62. The van der Waals surface area contributed by atoms with Crippen molar-refractivity contribution in [3.63, 3.8) is 0 Å². The number of nitrogens with zero attached hydrogens (tertiary/aromatic N) is 2. The Morgan fingerprint density at radius 1 is 1.00 bits per heavy atom. The molecule has 120 valence electrons. The zero-order valence-corrected chi connectivity index (χ0v) is 13.1. The lowest BCUT2D eigenvalue weighted by Gasteiger charge is -2.37. The maximum atomic E-state index is 6.41. The van der Waals surface area contributed by atoms with Gasteiger partial charge in [0.25, 0.3) is 0 Å². The summed E-state index contributed by atoms with van der Waals surface area (Å²) in [5.74, 6) is 1.62. The van der Waals surface area contributed by atoms with Gasteiger partial charge in [-0.3, -0.25) is 4.98 Å². The number of pyridine rings is 1. The van der Waals surface area contributed by atoms with Crippen LogP contribution in [-0.2, 0) is 0 Å². The third kappa shape index (κ3) is 2.77. The molecule has 1 atom stereocenters. The normalized spacial score (nSPS) is 16.2. The van der Waals surface area contributed by atoms with E-state index in [-0.39, 0.29) is 6.17 Å². The first-order valence-electron chi connectivity index (χ1n) is 7.84. The summed E-state index contributed by atoms with van der Waals surface area (Å²) in [4.78, 5) is 6.23. The van der Waals surface area contributed by atoms with Crippen LogP contribution in [0.1, 0.15) is 11.7 Å². The molecule has 2 aromatic carbocycles. The van der Waals surface area contributed by atoms with Crippen LogP contribution >= 0.6 is 0 Å². The SMILES string of the molecule is NC1c2ccncc2NCN1c1ccc(Oc2ccccc2)cc1. The Labute approximate surface area is 140 Å². The van der Waals surface area contributed by atoms with Crippen molar-refractivity contribution in [2.45, 2.75) is 6.17 Å². The number of nitrogens with two attached hydrogens (primary N) is 1. The van der Waals surface area contributed by atoms with Gasteiger partial charge in [-0.15, -0.1) is 0 Å². The van der Waals surface area contributed by atoms with Crippen molar-refractivity contribution in [1.82, 2.24) is 4.98 Å². The summed E-state index contributed by atoms with van der Waals surface area (Å²) in [6, 6.07) is 19.6. The highest BCUT2D eigenvalue weighted by Gasteiger charge is 2.24. The summed E-state index contributed by atoms with van der Waals surface area (Å²) < 4.78 is 5.83. The fourth-order valence-electron chi connectivity index (χ4n) is 2.83. The summed E-state index contributed by atoms with van der Waals surface area (Å²) in [5, 5.41) is 3.35. The summed E-state index contributed by atoms with van der Waals surface area (Å²) in [6.45, 7) is 0.638. The first-order valence-corrected chi connectivity index (χ1v) is 7.84. The quantitative estimate of drug-likeness (QED) is 0.770. The Hall–Kier alpha value is -3.05. The van der Waals surface area contributed by atoms with Gasteiger partial charge < -0.3 is 20.7 Å². The van der Waals surface area contributed by atoms with E-state index < -0.39 is 0 Å². The van der Waals surface area contributed by atoms with Gasteiger partial charge in [-0.2, -0.15) is 0 Å². The van der Waals surface area contributed by atoms with Gasteiger partial charge in [-0.05, 0) is 42.5 Å². The molecule has 0 bridgehead atoms. The van der Waals surface area contributed by atoms with Gasteiger partial charge in [-0.1, -0.05) is 18.2 Å². The largest absolute Gasteiger partial charge is 0.457 e. The minimum absolute atomic E-state index is 0.204. The highest BCUT2D eigenvalue weighted by Crippen LogP contribution is 2.32. The van der Waals surface area contributed by atoms with Gasteiger partial charge in [0.1, 0.15) is 17.7 Å². The second kappa shape index (κ2) is 6.22. The number of hydrogen-bond acceptors (Lipinski definition) is 5. The van der Waals surface area contributed by atoms with E-state index in [0.717, 1.165) is 28.4 Å². The van der Waals surface area contributed by atoms with Crippen molar-refractivity contribution < 1.29 is 4.74 Å². The molecule has 3 aromatic rings. The molecule has 1 unspecified atom stereocenters. The highest BCUT2D eigenvalue weighted by atomic mass is 16.5. The molecule has 5 nitrogen and oxygen atoms in total. The van der Waals surface area contributed by atoms with Gasteiger partial charge in [0.2, 0.25) is 0 Å². The van der Waals surface area contributed by atoms with Crippen LogP contribution in [-0.4, -0.2) is 11.7 Å². The van der Waals surface area contributed by atoms with Crippen LogP contribution in [0.25, 0.3) is 0 Å². The first-order chi connectivity index (χ1) is 11.8. The lowest BCUT2D eigenvalue weighted by Crippen LogP contribution is -2.42. The first kappa shape index (κ1) is 14.5. The summed E-state index contributed by atoms with van der Waals surface area (Å²) in [6.07, 6.45) is 3.37. The smallest absolute Gasteiger partial charge is 0.127 e. The van der Waals surface area contributed by atoms with E-state index in [9.17, 15) is 0 Å². The van der Waals surface area contributed by atoms with Gasteiger partial charge in [-0.25, -0.2) is 0 Å². The summed E-state index contributed by atoms with van der Waals surface area (Å²) in [7, 11) is 0. The molecule has 24 heavy (non-hydrogen) atoms. The molecule has 1 aliphatic rings. The third-order valence-electron chi connectivity index (χ3n) is 4.10. The minimum atomic E-state index is -0.204. The monoisotopic (exact) mass is 318 g/mol. The van der Waals surface area contributed by atoms with Gasteiger partial charge in [0.05, 0.1) is 18.6 Å². The summed E-state index contributed by atoms with van der Waals surface area (Å²) >= 11 is 0. The molecule has 2 heterocycles. The molecular weight excluding hydrogens is 300 g/mol. The number of ether oxygens (including phenoxy) is 1. The fraction of sp³-hybridized carbons (Fsp3) is 0.105. The standard InChI is InChI=1S/C19H18N4O/c20-19-17-10-11-21-12-18(17)22-13-23(19)14-6-8-16(9-7-14)24-15-4-2-1-3-5-15/h1-12,19,22H,13,20H2. The molecule has 5 heteroatoms. The predicted molar refractivity (Wildman–Crippen MR) is 95.1 cm³/mol. The lowest BCUT2D eigenvalue weighted by atomic mass is 10.1. The number of aromatic nitrogens is 1. The zero-order valence-electron chi connectivity index (χ0n) is 13.1. The van der Waals surface area contributed by atoms with E-state index >= 15 is 0 Å². The Bertz CT molecular complexity index is 820. The molecule has 3 N–H and O–H groups in total. The van der Waals surface area contributed by atoms with Crippen molar-refractivity contribution >= 4 is 11.4 Å². The van der Waals surface area contributed by atoms with Crippen LogP contribution in [0.2, 0.25) is 0 Å². The highest BCUT2D eigenvalue weighted by molar-refractivity contribution is 5.60. The van der Waals surface area contributed by atoms with Crippen LogP contribution in [0, 0.1) is 0 Å². The molecule has 0 saturated heterocycles. The molecule has 1 aromatic heterocycles. The average Bonchev–Trinajstić information content (AvgIpc) is 2.64. The Morgan fingerprint density at radius 3 is 2.54 bits per heavy atom. The molecule has 0 spiro atoms. The van der Waals surface area contributed by atoms with Crippen molar-refractivity contribution in [2.75, 3.05) is 16.9 Å². The number of anilines is 2. The van der Waals surface area contributed by atoms with Crippen molar-refractivity contribution in [3.05, 3.63) is 78.6 Å². The molecular formula is C19H18N4O. The number of fused-ring (bicyclic) bond motifs is 1. The van der Waals surface area contributed by atoms with Gasteiger partial charge in [0.15, 0.2) is 0 Å². The van der Waals surface area contributed by atoms with E-state index in [1.165, 1.54) is 0 Å². The molecule has 0 aliphatic carbocycles. The Kier molecular flexibility index (Phi) is 3.76. The van der Waals surface area contributed by atoms with E-state index in [2.05, 4.69) is 15.2 Å².